The fraction of sp³-hybridized carbons (Fsp3) is 1.00. The van der Waals surface area contributed by atoms with Crippen LogP contribution in [0, 0.1) is 0 Å². The fourth-order valence-corrected chi connectivity index (χ4v) is 2.10. The van der Waals surface area contributed by atoms with Crippen molar-refractivity contribution >= 4 is 11.8 Å². The van der Waals surface area contributed by atoms with Crippen molar-refractivity contribution in [3.63, 3.8) is 0 Å². The highest BCUT2D eigenvalue weighted by atomic mass is 35.5. The number of rotatable bonds is 4. The van der Waals surface area contributed by atoms with E-state index in [2.05, 4.69) is 30.9 Å². The summed E-state index contributed by atoms with van der Waals surface area (Å²) in [6.45, 7) is 4.35. The molecule has 1 aliphatic heterocycles. The molecular formula is C10H22ClN3. The van der Waals surface area contributed by atoms with Crippen molar-refractivity contribution < 1.29 is 0 Å². The monoisotopic (exact) mass is 219 g/mol. The van der Waals surface area contributed by atoms with Crippen molar-refractivity contribution in [3.05, 3.63) is 0 Å². The predicted molar refractivity (Wildman–Crippen MR) is 61.6 cm³/mol. The molecule has 1 unspecified atom stereocenters. The smallest absolute Gasteiger partial charge is 0.0379 e. The van der Waals surface area contributed by atoms with Gasteiger partial charge in [0.2, 0.25) is 0 Å². The first-order valence-corrected chi connectivity index (χ1v) is 5.69. The minimum absolute atomic E-state index is 0.537. The Bertz CT molecular complexity index is 163. The molecule has 0 saturated carbocycles. The van der Waals surface area contributed by atoms with Crippen LogP contribution in [0.15, 0.2) is 0 Å². The second kappa shape index (κ2) is 5.91. The van der Waals surface area contributed by atoms with Gasteiger partial charge in [-0.3, -0.25) is 0 Å². The minimum atomic E-state index is 0.537. The van der Waals surface area contributed by atoms with Gasteiger partial charge in [0.15, 0.2) is 0 Å². The zero-order valence-corrected chi connectivity index (χ0v) is 10.3. The SMILES string of the molecule is CN(C)CCCC1CN(C)CCN1Cl. The number of hydrogen-bond acceptors (Lipinski definition) is 3. The summed E-state index contributed by atoms with van der Waals surface area (Å²) in [6.07, 6.45) is 2.43. The van der Waals surface area contributed by atoms with E-state index >= 15 is 0 Å². The van der Waals surface area contributed by atoms with Crippen LogP contribution in [0.5, 0.6) is 0 Å². The van der Waals surface area contributed by atoms with E-state index in [1.807, 2.05) is 4.42 Å². The van der Waals surface area contributed by atoms with Crippen LogP contribution in [0.1, 0.15) is 12.8 Å². The molecule has 1 saturated heterocycles. The Morgan fingerprint density at radius 2 is 2.07 bits per heavy atom. The molecule has 0 radical (unpaired) electrons. The summed E-state index contributed by atoms with van der Waals surface area (Å²) >= 11 is 6.16. The Kier molecular flexibility index (Phi) is 5.17. The van der Waals surface area contributed by atoms with Gasteiger partial charge in [-0.15, -0.1) is 0 Å². The number of hydrogen-bond donors (Lipinski definition) is 0. The van der Waals surface area contributed by atoms with Gasteiger partial charge >= 0.3 is 0 Å². The van der Waals surface area contributed by atoms with E-state index in [1.54, 1.807) is 0 Å². The summed E-state index contributed by atoms with van der Waals surface area (Å²) < 4.78 is 1.98. The third-order valence-electron chi connectivity index (χ3n) is 2.76. The molecule has 0 aromatic carbocycles. The number of halogens is 1. The third kappa shape index (κ3) is 4.13. The average Bonchev–Trinajstić information content (AvgIpc) is 2.10. The Morgan fingerprint density at radius 3 is 2.71 bits per heavy atom. The topological polar surface area (TPSA) is 9.72 Å². The first-order chi connectivity index (χ1) is 6.59. The van der Waals surface area contributed by atoms with E-state index in [0.717, 1.165) is 26.2 Å². The highest BCUT2D eigenvalue weighted by Crippen LogP contribution is 2.15. The van der Waals surface area contributed by atoms with E-state index in [4.69, 9.17) is 11.8 Å². The van der Waals surface area contributed by atoms with Crippen molar-refractivity contribution in [3.8, 4) is 0 Å². The Hall–Kier alpha value is 0.170. The lowest BCUT2D eigenvalue weighted by molar-refractivity contribution is 0.153. The zero-order valence-electron chi connectivity index (χ0n) is 9.54. The van der Waals surface area contributed by atoms with Crippen LogP contribution >= 0.6 is 11.8 Å². The molecule has 0 aliphatic carbocycles. The second-order valence-electron chi connectivity index (χ2n) is 4.48. The molecule has 1 rings (SSSR count). The summed E-state index contributed by atoms with van der Waals surface area (Å²) in [4.78, 5) is 4.59. The molecule has 1 aliphatic rings. The highest BCUT2D eigenvalue weighted by Gasteiger charge is 2.23. The largest absolute Gasteiger partial charge is 0.309 e. The van der Waals surface area contributed by atoms with Crippen molar-refractivity contribution in [2.24, 2.45) is 0 Å². The molecule has 4 heteroatoms. The standard InChI is InChI=1S/C10H22ClN3/c1-12(2)6-4-5-10-9-13(3)7-8-14(10)11/h10H,4-9H2,1-3H3. The van der Waals surface area contributed by atoms with E-state index in [0.29, 0.717) is 6.04 Å². The van der Waals surface area contributed by atoms with Gasteiger partial charge in [-0.05, 0) is 52.3 Å². The molecule has 84 valence electrons. The average molecular weight is 220 g/mol. The highest BCUT2D eigenvalue weighted by molar-refractivity contribution is 6.13. The molecule has 1 fully saturated rings. The lowest BCUT2D eigenvalue weighted by Crippen LogP contribution is -2.47. The van der Waals surface area contributed by atoms with Gasteiger partial charge in [-0.2, -0.15) is 0 Å². The number of piperazine rings is 1. The summed E-state index contributed by atoms with van der Waals surface area (Å²) in [7, 11) is 6.40. The van der Waals surface area contributed by atoms with Crippen LogP contribution in [-0.4, -0.2) is 67.6 Å². The van der Waals surface area contributed by atoms with Crippen LogP contribution in [-0.2, 0) is 0 Å². The summed E-state index contributed by atoms with van der Waals surface area (Å²) in [6, 6.07) is 0.537. The molecule has 0 spiro atoms. The van der Waals surface area contributed by atoms with Crippen LogP contribution < -0.4 is 0 Å². The molecule has 0 amide bonds. The lowest BCUT2D eigenvalue weighted by atomic mass is 10.1. The Balaban J connectivity index is 2.20. The van der Waals surface area contributed by atoms with E-state index in [9.17, 15) is 0 Å². The molecular weight excluding hydrogens is 198 g/mol. The summed E-state index contributed by atoms with van der Waals surface area (Å²) in [5.74, 6) is 0. The maximum absolute atomic E-state index is 6.16. The Morgan fingerprint density at radius 1 is 1.36 bits per heavy atom. The molecule has 0 bridgehead atoms. The van der Waals surface area contributed by atoms with Gasteiger partial charge in [-0.1, -0.05) is 0 Å². The lowest BCUT2D eigenvalue weighted by Gasteiger charge is -2.35. The van der Waals surface area contributed by atoms with Crippen molar-refractivity contribution in [2.45, 2.75) is 18.9 Å². The third-order valence-corrected chi connectivity index (χ3v) is 3.20. The molecule has 3 nitrogen and oxygen atoms in total. The fourth-order valence-electron chi connectivity index (χ4n) is 1.86. The van der Waals surface area contributed by atoms with E-state index in [1.165, 1.54) is 12.8 Å². The van der Waals surface area contributed by atoms with Crippen LogP contribution in [0.3, 0.4) is 0 Å². The van der Waals surface area contributed by atoms with Crippen molar-refractivity contribution in [1.82, 2.24) is 14.2 Å². The van der Waals surface area contributed by atoms with Gasteiger partial charge in [0.1, 0.15) is 0 Å². The second-order valence-corrected chi connectivity index (χ2v) is 4.92. The van der Waals surface area contributed by atoms with Crippen molar-refractivity contribution in [2.75, 3.05) is 47.3 Å². The first kappa shape index (κ1) is 12.2. The number of likely N-dealkylation sites (N-methyl/N-ethyl adjacent to an activating group) is 1. The van der Waals surface area contributed by atoms with Crippen LogP contribution in [0.2, 0.25) is 0 Å². The van der Waals surface area contributed by atoms with Gasteiger partial charge in [0, 0.05) is 25.7 Å². The maximum atomic E-state index is 6.16. The van der Waals surface area contributed by atoms with Crippen LogP contribution in [0.25, 0.3) is 0 Å². The van der Waals surface area contributed by atoms with Gasteiger partial charge in [-0.25, -0.2) is 4.42 Å². The normalized spacial score (nSPS) is 25.9. The molecule has 0 aromatic rings. The maximum Gasteiger partial charge on any atom is 0.0379 e. The number of nitrogens with zero attached hydrogens (tertiary/aromatic N) is 3. The quantitative estimate of drug-likeness (QED) is 0.656. The molecule has 1 heterocycles. The van der Waals surface area contributed by atoms with Crippen molar-refractivity contribution in [1.29, 1.82) is 0 Å². The van der Waals surface area contributed by atoms with Gasteiger partial charge < -0.3 is 9.80 Å². The molecule has 1 atom stereocenters. The first-order valence-electron chi connectivity index (χ1n) is 5.35. The Labute approximate surface area is 92.7 Å². The van der Waals surface area contributed by atoms with E-state index < -0.39 is 0 Å². The van der Waals surface area contributed by atoms with Gasteiger partial charge in [0.25, 0.3) is 0 Å². The molecule has 0 N–H and O–H groups in total. The van der Waals surface area contributed by atoms with Crippen LogP contribution in [0.4, 0.5) is 0 Å². The predicted octanol–water partition coefficient (Wildman–Crippen LogP) is 1.10. The zero-order chi connectivity index (χ0) is 10.6. The van der Waals surface area contributed by atoms with Gasteiger partial charge in [0.05, 0.1) is 0 Å². The molecule has 14 heavy (non-hydrogen) atoms. The summed E-state index contributed by atoms with van der Waals surface area (Å²) in [5.41, 5.74) is 0. The molecule has 0 aromatic heterocycles. The summed E-state index contributed by atoms with van der Waals surface area (Å²) in [5, 5.41) is 0. The van der Waals surface area contributed by atoms with E-state index in [-0.39, 0.29) is 0 Å². The minimum Gasteiger partial charge on any atom is -0.309 e.